The molecule has 0 bridgehead atoms. The highest BCUT2D eigenvalue weighted by Gasteiger charge is 2.46. The van der Waals surface area contributed by atoms with Crippen LogP contribution >= 0.6 is 0 Å². The lowest BCUT2D eigenvalue weighted by atomic mass is 9.81. The van der Waals surface area contributed by atoms with Gasteiger partial charge in [0.05, 0.1) is 35.1 Å². The lowest BCUT2D eigenvalue weighted by molar-refractivity contribution is -0.172. The molecule has 0 spiro atoms. The van der Waals surface area contributed by atoms with Crippen LogP contribution in [0.15, 0.2) is 16.9 Å². The second-order valence-electron chi connectivity index (χ2n) is 11.0. The minimum absolute atomic E-state index is 0.0323. The summed E-state index contributed by atoms with van der Waals surface area (Å²) in [6.45, 7) is 3.92. The molecule has 0 saturated heterocycles. The van der Waals surface area contributed by atoms with Crippen molar-refractivity contribution in [3.8, 4) is 11.4 Å². The fraction of sp³-hybridized carbons (Fsp3) is 0.429. The number of halogens is 3. The van der Waals surface area contributed by atoms with Gasteiger partial charge in [0.1, 0.15) is 12.4 Å². The number of hydrogen-bond donors (Lipinski definition) is 3. The monoisotopic (exact) mass is 556 g/mol. The summed E-state index contributed by atoms with van der Waals surface area (Å²) in [5.41, 5.74) is 4.11. The van der Waals surface area contributed by atoms with Gasteiger partial charge >= 0.3 is 5.97 Å². The van der Waals surface area contributed by atoms with Crippen molar-refractivity contribution in [1.29, 1.82) is 0 Å². The first-order chi connectivity index (χ1) is 18.8. The third kappa shape index (κ3) is 3.41. The molecule has 1 aromatic carbocycles. The predicted octanol–water partition coefficient (Wildman–Crippen LogP) is 2.61. The Morgan fingerprint density at radius 2 is 2.05 bits per heavy atom. The van der Waals surface area contributed by atoms with Crippen LogP contribution in [0.1, 0.15) is 66.1 Å². The van der Waals surface area contributed by atoms with Crippen LogP contribution in [0.5, 0.6) is 0 Å². The van der Waals surface area contributed by atoms with Gasteiger partial charge in [-0.2, -0.15) is 0 Å². The highest BCUT2D eigenvalue weighted by Crippen LogP contribution is 2.46. The maximum absolute atomic E-state index is 15.0. The number of carbonyl (C=O) groups is 2. The van der Waals surface area contributed by atoms with Crippen molar-refractivity contribution in [3.05, 3.63) is 61.7 Å². The first kappa shape index (κ1) is 26.5. The number of amides is 1. The highest BCUT2D eigenvalue weighted by molar-refractivity contribution is 5.94. The number of aliphatic hydroxyl groups is 1. The number of carbonyl (C=O) groups excluding carboxylic acids is 2. The zero-order valence-electron chi connectivity index (χ0n) is 22.0. The third-order valence-corrected chi connectivity index (χ3v) is 8.63. The van der Waals surface area contributed by atoms with Crippen LogP contribution < -0.4 is 16.6 Å². The topological polar surface area (TPSA) is 137 Å². The molecule has 3 unspecified atom stereocenters. The normalized spacial score (nSPS) is 22.4. The number of rotatable bonds is 4. The second-order valence-corrected chi connectivity index (χ2v) is 11.0. The van der Waals surface area contributed by atoms with E-state index in [0.717, 1.165) is 6.92 Å². The molecular weight excluding hydrogens is 529 g/mol. The van der Waals surface area contributed by atoms with Crippen LogP contribution in [0.4, 0.5) is 13.2 Å². The number of esters is 1. The number of nitrogens with zero attached hydrogens (tertiary/aromatic N) is 2. The van der Waals surface area contributed by atoms with Crippen molar-refractivity contribution in [2.24, 2.45) is 5.73 Å². The molecule has 0 radical (unpaired) electrons. The molecule has 6 rings (SSSR count). The van der Waals surface area contributed by atoms with Crippen molar-refractivity contribution < 1.29 is 32.6 Å². The molecule has 1 amide bonds. The average Bonchev–Trinajstić information content (AvgIpc) is 3.28. The SMILES string of the molecule is CCC1(O)C(=O)OCc2c1cc1n(c2=O)Cc2c-1nc1cc(F)c(C)c3c1c2C(NC(=O)C(C)(N)C(F)F)CC3. The molecule has 3 atom stereocenters. The summed E-state index contributed by atoms with van der Waals surface area (Å²) in [6.07, 6.45) is -2.50. The summed E-state index contributed by atoms with van der Waals surface area (Å²) >= 11 is 0. The van der Waals surface area contributed by atoms with Crippen molar-refractivity contribution in [1.82, 2.24) is 14.9 Å². The molecule has 3 aromatic rings. The van der Waals surface area contributed by atoms with Gasteiger partial charge in [0.2, 0.25) is 5.91 Å². The largest absolute Gasteiger partial charge is 0.458 e. The molecule has 9 nitrogen and oxygen atoms in total. The van der Waals surface area contributed by atoms with Gasteiger partial charge in [-0.25, -0.2) is 22.9 Å². The molecule has 4 heterocycles. The third-order valence-electron chi connectivity index (χ3n) is 8.63. The summed E-state index contributed by atoms with van der Waals surface area (Å²) in [7, 11) is 0. The van der Waals surface area contributed by atoms with Crippen molar-refractivity contribution in [3.63, 3.8) is 0 Å². The Bertz CT molecular complexity index is 1720. The Kier molecular flexibility index (Phi) is 5.70. The average molecular weight is 557 g/mol. The molecular formula is C28H27F3N4O5. The fourth-order valence-electron chi connectivity index (χ4n) is 6.11. The summed E-state index contributed by atoms with van der Waals surface area (Å²) in [4.78, 5) is 43.7. The Balaban J connectivity index is 1.61. The number of alkyl halides is 2. The molecule has 2 aliphatic heterocycles. The number of cyclic esters (lactones) is 1. The minimum Gasteiger partial charge on any atom is -0.458 e. The van der Waals surface area contributed by atoms with E-state index in [1.54, 1.807) is 13.8 Å². The maximum atomic E-state index is 15.0. The van der Waals surface area contributed by atoms with E-state index in [9.17, 15) is 32.7 Å². The fourth-order valence-corrected chi connectivity index (χ4v) is 6.11. The zero-order chi connectivity index (χ0) is 28.9. The number of fused-ring (bicyclic) bond motifs is 5. The maximum Gasteiger partial charge on any atom is 0.343 e. The summed E-state index contributed by atoms with van der Waals surface area (Å²) in [5, 5.41) is 14.4. The first-order valence-electron chi connectivity index (χ1n) is 13.0. The van der Waals surface area contributed by atoms with Crippen LogP contribution in [0.2, 0.25) is 0 Å². The van der Waals surface area contributed by atoms with Crippen molar-refractivity contribution in [2.45, 2.75) is 76.8 Å². The Morgan fingerprint density at radius 3 is 2.73 bits per heavy atom. The summed E-state index contributed by atoms with van der Waals surface area (Å²) in [5.74, 6) is -2.37. The van der Waals surface area contributed by atoms with Crippen LogP contribution in [-0.4, -0.2) is 38.5 Å². The lowest BCUT2D eigenvalue weighted by Crippen LogP contribution is -2.57. The van der Waals surface area contributed by atoms with E-state index in [1.807, 2.05) is 0 Å². The van der Waals surface area contributed by atoms with Crippen molar-refractivity contribution >= 4 is 22.8 Å². The van der Waals surface area contributed by atoms with Gasteiger partial charge in [-0.3, -0.25) is 9.59 Å². The van der Waals surface area contributed by atoms with E-state index in [4.69, 9.17) is 15.5 Å². The standard InChI is InChI=1S/C28H27F3N4O5/c1-4-28(39)15-7-19-22-13(9-35(19)23(36)14(15)10-40-26(28)38)21-17(34-25(37)27(3,32)24(30)31)6-5-12-11(2)16(29)8-18(33-22)20(12)21/h7-8,17,24,39H,4-6,9-10,32H2,1-3H3,(H,34,37). The number of hydrogen-bond acceptors (Lipinski definition) is 7. The van der Waals surface area contributed by atoms with Gasteiger partial charge < -0.3 is 25.5 Å². The lowest BCUT2D eigenvalue weighted by Gasteiger charge is -2.32. The molecule has 3 aliphatic rings. The predicted molar refractivity (Wildman–Crippen MR) is 137 cm³/mol. The number of nitrogens with one attached hydrogen (secondary N) is 1. The van der Waals surface area contributed by atoms with Gasteiger partial charge in [-0.15, -0.1) is 0 Å². The number of aryl methyl sites for hydroxylation is 1. The molecule has 210 valence electrons. The highest BCUT2D eigenvalue weighted by atomic mass is 19.3. The Labute approximate surface area is 226 Å². The van der Waals surface area contributed by atoms with Crippen LogP contribution in [0, 0.1) is 12.7 Å². The van der Waals surface area contributed by atoms with Crippen molar-refractivity contribution in [2.75, 3.05) is 0 Å². The smallest absolute Gasteiger partial charge is 0.343 e. The van der Waals surface area contributed by atoms with E-state index >= 15 is 0 Å². The number of ether oxygens (including phenoxy) is 1. The van der Waals surface area contributed by atoms with E-state index in [0.29, 0.717) is 45.4 Å². The van der Waals surface area contributed by atoms with E-state index in [-0.39, 0.29) is 42.6 Å². The van der Waals surface area contributed by atoms with Gasteiger partial charge in [0.15, 0.2) is 11.1 Å². The molecule has 12 heteroatoms. The summed E-state index contributed by atoms with van der Waals surface area (Å²) < 4.78 is 48.7. The molecule has 1 aliphatic carbocycles. The number of aromatic nitrogens is 2. The van der Waals surface area contributed by atoms with Crippen LogP contribution in [-0.2, 0) is 39.5 Å². The van der Waals surface area contributed by atoms with Gasteiger partial charge in [-0.1, -0.05) is 6.92 Å². The van der Waals surface area contributed by atoms with Crippen LogP contribution in [0.3, 0.4) is 0 Å². The summed E-state index contributed by atoms with van der Waals surface area (Å²) in [6, 6.07) is 2.05. The quantitative estimate of drug-likeness (QED) is 0.329. The van der Waals surface area contributed by atoms with Gasteiger partial charge in [0, 0.05) is 22.6 Å². The molecule has 4 N–H and O–H groups in total. The second kappa shape index (κ2) is 8.61. The zero-order valence-corrected chi connectivity index (χ0v) is 22.0. The Hall–Kier alpha value is -3.77. The number of pyridine rings is 2. The molecule has 40 heavy (non-hydrogen) atoms. The molecule has 0 saturated carbocycles. The van der Waals surface area contributed by atoms with Gasteiger partial charge in [0.25, 0.3) is 12.0 Å². The Morgan fingerprint density at radius 1 is 1.32 bits per heavy atom. The number of benzene rings is 1. The first-order valence-corrected chi connectivity index (χ1v) is 13.0. The van der Waals surface area contributed by atoms with Gasteiger partial charge in [-0.05, 0) is 55.9 Å². The minimum atomic E-state index is -3.11. The number of nitrogens with two attached hydrogens (primary N) is 1. The van der Waals surface area contributed by atoms with Crippen LogP contribution in [0.25, 0.3) is 22.3 Å². The van der Waals surface area contributed by atoms with E-state index in [2.05, 4.69) is 5.32 Å². The molecule has 0 fully saturated rings. The molecule has 2 aromatic heterocycles. The van der Waals surface area contributed by atoms with E-state index < -0.39 is 46.9 Å². The van der Waals surface area contributed by atoms with E-state index in [1.165, 1.54) is 16.7 Å².